The summed E-state index contributed by atoms with van der Waals surface area (Å²) in [7, 11) is 1.73. The number of piperidine rings is 1. The maximum atomic E-state index is 12.1. The maximum Gasteiger partial charge on any atom is 0.345 e. The molecule has 1 aliphatic heterocycles. The molecule has 2 aromatic heterocycles. The van der Waals surface area contributed by atoms with Crippen LogP contribution in [0.15, 0.2) is 33.2 Å². The number of hydrogen-bond acceptors (Lipinski definition) is 4. The highest BCUT2D eigenvalue weighted by Crippen LogP contribution is 2.25. The SMILES string of the molecule is CCn1c(C2CCCN(CC(C)=Cc3ccco3)C2)nn(C)c1=O. The zero-order chi connectivity index (χ0) is 17.1. The molecule has 1 unspecified atom stereocenters. The number of hydrogen-bond donors (Lipinski definition) is 0. The first-order valence-corrected chi connectivity index (χ1v) is 8.65. The van der Waals surface area contributed by atoms with Crippen LogP contribution in [0.25, 0.3) is 6.08 Å². The van der Waals surface area contributed by atoms with Crippen LogP contribution < -0.4 is 5.69 Å². The van der Waals surface area contributed by atoms with E-state index in [2.05, 4.69) is 23.0 Å². The van der Waals surface area contributed by atoms with Crippen molar-refractivity contribution in [1.82, 2.24) is 19.2 Å². The molecule has 1 fully saturated rings. The van der Waals surface area contributed by atoms with Gasteiger partial charge in [0.05, 0.1) is 6.26 Å². The third kappa shape index (κ3) is 3.53. The minimum atomic E-state index is -0.0153. The third-order valence-electron chi connectivity index (χ3n) is 4.63. The lowest BCUT2D eigenvalue weighted by Gasteiger charge is -2.32. The number of aromatic nitrogens is 3. The van der Waals surface area contributed by atoms with E-state index in [1.165, 1.54) is 10.3 Å². The largest absolute Gasteiger partial charge is 0.465 e. The zero-order valence-corrected chi connectivity index (χ0v) is 14.7. The van der Waals surface area contributed by atoms with Gasteiger partial charge in [-0.25, -0.2) is 9.48 Å². The van der Waals surface area contributed by atoms with Gasteiger partial charge in [0, 0.05) is 32.6 Å². The molecule has 0 radical (unpaired) electrons. The summed E-state index contributed by atoms with van der Waals surface area (Å²) in [6, 6.07) is 3.87. The molecule has 0 aromatic carbocycles. The number of furan rings is 1. The molecule has 130 valence electrons. The first kappa shape index (κ1) is 16.8. The van der Waals surface area contributed by atoms with Gasteiger partial charge in [0.1, 0.15) is 11.6 Å². The second-order valence-corrected chi connectivity index (χ2v) is 6.59. The van der Waals surface area contributed by atoms with Crippen LogP contribution in [-0.2, 0) is 13.6 Å². The number of aryl methyl sites for hydroxylation is 1. The monoisotopic (exact) mass is 330 g/mol. The molecule has 0 bridgehead atoms. The average molecular weight is 330 g/mol. The van der Waals surface area contributed by atoms with Crippen molar-refractivity contribution in [1.29, 1.82) is 0 Å². The smallest absolute Gasteiger partial charge is 0.345 e. The summed E-state index contributed by atoms with van der Waals surface area (Å²) in [6.45, 7) is 7.76. The lowest BCUT2D eigenvalue weighted by atomic mass is 9.96. The summed E-state index contributed by atoms with van der Waals surface area (Å²) < 4.78 is 8.65. The summed E-state index contributed by atoms with van der Waals surface area (Å²) in [5, 5.41) is 4.49. The van der Waals surface area contributed by atoms with Crippen LogP contribution >= 0.6 is 0 Å². The van der Waals surface area contributed by atoms with Crippen molar-refractivity contribution in [3.8, 4) is 0 Å². The van der Waals surface area contributed by atoms with E-state index in [0.717, 1.165) is 44.1 Å². The summed E-state index contributed by atoms with van der Waals surface area (Å²) >= 11 is 0. The van der Waals surface area contributed by atoms with E-state index >= 15 is 0 Å². The summed E-state index contributed by atoms with van der Waals surface area (Å²) in [6.07, 6.45) is 6.01. The van der Waals surface area contributed by atoms with Crippen LogP contribution in [-0.4, -0.2) is 38.9 Å². The van der Waals surface area contributed by atoms with Crippen molar-refractivity contribution in [2.45, 2.75) is 39.2 Å². The maximum absolute atomic E-state index is 12.1. The molecule has 1 saturated heterocycles. The van der Waals surface area contributed by atoms with Crippen LogP contribution in [0.4, 0.5) is 0 Å². The molecule has 3 heterocycles. The second-order valence-electron chi connectivity index (χ2n) is 6.59. The predicted molar refractivity (Wildman–Crippen MR) is 93.9 cm³/mol. The van der Waals surface area contributed by atoms with Crippen LogP contribution in [0.3, 0.4) is 0 Å². The highest BCUT2D eigenvalue weighted by Gasteiger charge is 2.26. The van der Waals surface area contributed by atoms with Crippen molar-refractivity contribution in [3.05, 3.63) is 46.0 Å². The fraction of sp³-hybridized carbons (Fsp3) is 0.556. The summed E-state index contributed by atoms with van der Waals surface area (Å²) in [5.74, 6) is 2.15. The van der Waals surface area contributed by atoms with Crippen molar-refractivity contribution in [2.24, 2.45) is 7.05 Å². The van der Waals surface area contributed by atoms with Crippen LogP contribution in [0.5, 0.6) is 0 Å². The topological polar surface area (TPSA) is 56.2 Å². The van der Waals surface area contributed by atoms with Crippen LogP contribution in [0, 0.1) is 0 Å². The molecule has 6 heteroatoms. The summed E-state index contributed by atoms with van der Waals surface area (Å²) in [5.41, 5.74) is 1.26. The molecule has 1 aliphatic rings. The van der Waals surface area contributed by atoms with Crippen LogP contribution in [0.2, 0.25) is 0 Å². The van der Waals surface area contributed by atoms with E-state index in [1.54, 1.807) is 17.9 Å². The van der Waals surface area contributed by atoms with Crippen molar-refractivity contribution < 1.29 is 4.42 Å². The van der Waals surface area contributed by atoms with Gasteiger partial charge in [-0.3, -0.25) is 9.47 Å². The van der Waals surface area contributed by atoms with E-state index in [4.69, 9.17) is 4.42 Å². The Bertz CT molecular complexity index is 755. The summed E-state index contributed by atoms with van der Waals surface area (Å²) in [4.78, 5) is 14.6. The van der Waals surface area contributed by atoms with Crippen molar-refractivity contribution >= 4 is 6.08 Å². The minimum Gasteiger partial charge on any atom is -0.465 e. The van der Waals surface area contributed by atoms with E-state index in [-0.39, 0.29) is 5.69 Å². The molecule has 0 spiro atoms. The highest BCUT2D eigenvalue weighted by atomic mass is 16.3. The van der Waals surface area contributed by atoms with Gasteiger partial charge in [-0.05, 0) is 51.4 Å². The molecule has 2 aromatic rings. The van der Waals surface area contributed by atoms with E-state index in [1.807, 2.05) is 19.1 Å². The Morgan fingerprint density at radius 1 is 1.50 bits per heavy atom. The molecule has 0 amide bonds. The Morgan fingerprint density at radius 2 is 2.33 bits per heavy atom. The van der Waals surface area contributed by atoms with Crippen molar-refractivity contribution in [3.63, 3.8) is 0 Å². The molecule has 0 aliphatic carbocycles. The number of rotatable bonds is 5. The van der Waals surface area contributed by atoms with Gasteiger partial charge >= 0.3 is 5.69 Å². The predicted octanol–water partition coefficient (Wildman–Crippen LogP) is 2.48. The normalized spacial score (nSPS) is 19.8. The van der Waals surface area contributed by atoms with Crippen molar-refractivity contribution in [2.75, 3.05) is 19.6 Å². The Morgan fingerprint density at radius 3 is 3.04 bits per heavy atom. The average Bonchev–Trinajstić information content (AvgIpc) is 3.16. The van der Waals surface area contributed by atoms with Gasteiger partial charge in [-0.15, -0.1) is 0 Å². The molecule has 1 atom stereocenters. The van der Waals surface area contributed by atoms with Gasteiger partial charge in [0.2, 0.25) is 0 Å². The van der Waals surface area contributed by atoms with Gasteiger partial charge in [-0.1, -0.05) is 5.57 Å². The lowest BCUT2D eigenvalue weighted by Crippen LogP contribution is -2.36. The Labute approximate surface area is 142 Å². The van der Waals surface area contributed by atoms with Gasteiger partial charge < -0.3 is 4.42 Å². The Kier molecular flexibility index (Phi) is 5.04. The minimum absolute atomic E-state index is 0.0153. The number of likely N-dealkylation sites (tertiary alicyclic amines) is 1. The fourth-order valence-electron chi connectivity index (χ4n) is 3.55. The van der Waals surface area contributed by atoms with Gasteiger partial charge in [0.15, 0.2) is 0 Å². The quantitative estimate of drug-likeness (QED) is 0.845. The molecule has 3 rings (SSSR count). The Hall–Kier alpha value is -2.08. The Balaban J connectivity index is 1.71. The van der Waals surface area contributed by atoms with Crippen LogP contribution in [0.1, 0.15) is 44.2 Å². The highest BCUT2D eigenvalue weighted by molar-refractivity contribution is 5.46. The standard InChI is InChI=1S/C18H26N4O2/c1-4-22-17(19-20(3)18(22)23)15-7-5-9-21(13-15)12-14(2)11-16-8-6-10-24-16/h6,8,10-11,15H,4-5,7,9,12-13H2,1-3H3. The molecule has 6 nitrogen and oxygen atoms in total. The first-order chi connectivity index (χ1) is 11.6. The van der Waals surface area contributed by atoms with Gasteiger partial charge in [0.25, 0.3) is 0 Å². The fourth-order valence-corrected chi connectivity index (χ4v) is 3.55. The first-order valence-electron chi connectivity index (χ1n) is 8.65. The molecule has 0 N–H and O–H groups in total. The van der Waals surface area contributed by atoms with E-state index < -0.39 is 0 Å². The number of nitrogens with zero attached hydrogens (tertiary/aromatic N) is 4. The van der Waals surface area contributed by atoms with E-state index in [9.17, 15) is 4.79 Å². The molecular formula is C18H26N4O2. The molecular weight excluding hydrogens is 304 g/mol. The second kappa shape index (κ2) is 7.21. The third-order valence-corrected chi connectivity index (χ3v) is 4.63. The zero-order valence-electron chi connectivity index (χ0n) is 14.7. The van der Waals surface area contributed by atoms with E-state index in [0.29, 0.717) is 12.5 Å². The lowest BCUT2D eigenvalue weighted by molar-refractivity contribution is 0.217. The van der Waals surface area contributed by atoms with Gasteiger partial charge in [-0.2, -0.15) is 5.10 Å². The molecule has 24 heavy (non-hydrogen) atoms. The molecule has 0 saturated carbocycles.